The van der Waals surface area contributed by atoms with E-state index in [1.165, 1.54) is 0 Å². The van der Waals surface area contributed by atoms with Gasteiger partial charge in [0.15, 0.2) is 11.5 Å². The van der Waals surface area contributed by atoms with Gasteiger partial charge in [0.1, 0.15) is 5.76 Å². The van der Waals surface area contributed by atoms with Gasteiger partial charge in [-0.25, -0.2) is 0 Å². The van der Waals surface area contributed by atoms with Crippen LogP contribution < -0.4 is 5.32 Å². The molecule has 2 heterocycles. The van der Waals surface area contributed by atoms with Crippen molar-refractivity contribution in [2.45, 2.75) is 38.2 Å². The quantitative estimate of drug-likeness (QED) is 0.901. The lowest BCUT2D eigenvalue weighted by atomic mass is 9.97. The maximum absolute atomic E-state index is 12.0. The van der Waals surface area contributed by atoms with Crippen LogP contribution in [-0.2, 0) is 11.2 Å². The van der Waals surface area contributed by atoms with Gasteiger partial charge in [-0.05, 0) is 19.3 Å². The van der Waals surface area contributed by atoms with Crippen LogP contribution >= 0.6 is 0 Å². The molecule has 1 aliphatic carbocycles. The molecule has 5 nitrogen and oxygen atoms in total. The Bertz CT molecular complexity index is 500. The fourth-order valence-corrected chi connectivity index (χ4v) is 2.61. The van der Waals surface area contributed by atoms with Crippen molar-refractivity contribution in [3.8, 4) is 0 Å². The topological polar surface area (TPSA) is 68.5 Å². The van der Waals surface area contributed by atoms with Gasteiger partial charge in [-0.15, -0.1) is 0 Å². The summed E-state index contributed by atoms with van der Waals surface area (Å²) in [5.41, 5.74) is 0.577. The normalized spacial score (nSPS) is 22.3. The second kappa shape index (κ2) is 5.17. The van der Waals surface area contributed by atoms with Crippen molar-refractivity contribution < 1.29 is 18.7 Å². The molecule has 5 heteroatoms. The molecule has 3 rings (SSSR count). The van der Waals surface area contributed by atoms with Crippen LogP contribution in [0.15, 0.2) is 10.5 Å². The van der Waals surface area contributed by atoms with E-state index in [4.69, 9.17) is 9.15 Å². The van der Waals surface area contributed by atoms with E-state index in [9.17, 15) is 9.59 Å². The van der Waals surface area contributed by atoms with Crippen molar-refractivity contribution in [2.75, 3.05) is 13.2 Å². The van der Waals surface area contributed by atoms with Gasteiger partial charge < -0.3 is 14.5 Å². The number of aryl methyl sites for hydroxylation is 1. The van der Waals surface area contributed by atoms with Gasteiger partial charge in [0.25, 0.3) is 5.91 Å². The summed E-state index contributed by atoms with van der Waals surface area (Å²) in [6.45, 7) is 1.27. The van der Waals surface area contributed by atoms with Crippen LogP contribution in [0.1, 0.15) is 52.4 Å². The van der Waals surface area contributed by atoms with Gasteiger partial charge in [0, 0.05) is 32.1 Å². The number of hydrogen-bond acceptors (Lipinski definition) is 4. The van der Waals surface area contributed by atoms with Crippen molar-refractivity contribution in [2.24, 2.45) is 0 Å². The number of hydrogen-bond donors (Lipinski definition) is 1. The zero-order chi connectivity index (χ0) is 13.2. The average molecular weight is 263 g/mol. The van der Waals surface area contributed by atoms with Gasteiger partial charge in [-0.1, -0.05) is 0 Å². The van der Waals surface area contributed by atoms with Gasteiger partial charge >= 0.3 is 0 Å². The minimum absolute atomic E-state index is 0.0724. The first-order valence-corrected chi connectivity index (χ1v) is 6.80. The standard InChI is InChI=1S/C14H17NO4/c16-11-4-1-5-12-10(11)7-13(19-12)14(17)15-8-9-3-2-6-18-9/h7,9H,1-6,8H2,(H,15,17). The van der Waals surface area contributed by atoms with Crippen molar-refractivity contribution in [3.63, 3.8) is 0 Å². The molecule has 1 saturated heterocycles. The highest BCUT2D eigenvalue weighted by Gasteiger charge is 2.25. The Balaban J connectivity index is 1.64. The van der Waals surface area contributed by atoms with Crippen LogP contribution in [0.5, 0.6) is 0 Å². The van der Waals surface area contributed by atoms with E-state index in [2.05, 4.69) is 5.32 Å². The van der Waals surface area contributed by atoms with Crippen LogP contribution in [-0.4, -0.2) is 30.9 Å². The van der Waals surface area contributed by atoms with Crippen LogP contribution in [0.2, 0.25) is 0 Å². The number of Topliss-reactive ketones (excluding diaryl/α,β-unsaturated/α-hetero) is 1. The largest absolute Gasteiger partial charge is 0.455 e. The first kappa shape index (κ1) is 12.4. The lowest BCUT2D eigenvalue weighted by molar-refractivity contribution is 0.0833. The summed E-state index contributed by atoms with van der Waals surface area (Å²) in [5.74, 6) is 0.692. The molecular weight excluding hydrogens is 246 g/mol. The van der Waals surface area contributed by atoms with E-state index in [1.807, 2.05) is 0 Å². The van der Waals surface area contributed by atoms with Gasteiger partial charge in [0.05, 0.1) is 11.7 Å². The number of furan rings is 1. The van der Waals surface area contributed by atoms with Crippen molar-refractivity contribution in [1.29, 1.82) is 0 Å². The Morgan fingerprint density at radius 3 is 3.00 bits per heavy atom. The number of fused-ring (bicyclic) bond motifs is 1. The third kappa shape index (κ3) is 2.56. The highest BCUT2D eigenvalue weighted by molar-refractivity contribution is 6.01. The van der Waals surface area contributed by atoms with E-state index < -0.39 is 0 Å². The first-order chi connectivity index (χ1) is 9.24. The molecule has 1 unspecified atom stereocenters. The van der Waals surface area contributed by atoms with Crippen LogP contribution in [0.4, 0.5) is 0 Å². The Hall–Kier alpha value is -1.62. The second-order valence-corrected chi connectivity index (χ2v) is 5.07. The van der Waals surface area contributed by atoms with E-state index in [-0.39, 0.29) is 23.6 Å². The fraction of sp³-hybridized carbons (Fsp3) is 0.571. The molecule has 1 amide bonds. The summed E-state index contributed by atoms with van der Waals surface area (Å²) in [5, 5.41) is 2.80. The van der Waals surface area contributed by atoms with E-state index in [0.29, 0.717) is 24.3 Å². The summed E-state index contributed by atoms with van der Waals surface area (Å²) in [6, 6.07) is 1.57. The molecule has 1 atom stereocenters. The zero-order valence-electron chi connectivity index (χ0n) is 10.7. The fourth-order valence-electron chi connectivity index (χ4n) is 2.61. The third-order valence-electron chi connectivity index (χ3n) is 3.66. The molecule has 1 aromatic heterocycles. The second-order valence-electron chi connectivity index (χ2n) is 5.07. The number of rotatable bonds is 3. The molecule has 2 aliphatic rings. The summed E-state index contributed by atoms with van der Waals surface area (Å²) in [4.78, 5) is 23.6. The molecular formula is C14H17NO4. The molecule has 0 bridgehead atoms. The molecule has 102 valence electrons. The number of nitrogens with one attached hydrogen (secondary N) is 1. The number of amides is 1. The smallest absolute Gasteiger partial charge is 0.287 e. The number of carbonyl (C=O) groups is 2. The van der Waals surface area contributed by atoms with Gasteiger partial charge in [0.2, 0.25) is 0 Å². The third-order valence-corrected chi connectivity index (χ3v) is 3.66. The Morgan fingerprint density at radius 2 is 2.26 bits per heavy atom. The molecule has 0 saturated carbocycles. The van der Waals surface area contributed by atoms with Gasteiger partial charge in [-0.3, -0.25) is 9.59 Å². The maximum Gasteiger partial charge on any atom is 0.287 e. The SMILES string of the molecule is O=C(NCC1CCCO1)c1cc2c(o1)CCCC2=O. The van der Waals surface area contributed by atoms with E-state index >= 15 is 0 Å². The van der Waals surface area contributed by atoms with Crippen molar-refractivity contribution in [3.05, 3.63) is 23.2 Å². The van der Waals surface area contributed by atoms with Crippen molar-refractivity contribution >= 4 is 11.7 Å². The maximum atomic E-state index is 12.0. The average Bonchev–Trinajstić information content (AvgIpc) is 3.05. The zero-order valence-corrected chi connectivity index (χ0v) is 10.7. The molecule has 1 fully saturated rings. The van der Waals surface area contributed by atoms with Crippen LogP contribution in [0.25, 0.3) is 0 Å². The molecule has 0 radical (unpaired) electrons. The summed E-state index contributed by atoms with van der Waals surface area (Å²) >= 11 is 0. The van der Waals surface area contributed by atoms with E-state index in [0.717, 1.165) is 32.3 Å². The lowest BCUT2D eigenvalue weighted by Crippen LogP contribution is -2.31. The monoisotopic (exact) mass is 263 g/mol. The molecule has 19 heavy (non-hydrogen) atoms. The van der Waals surface area contributed by atoms with Crippen LogP contribution in [0, 0.1) is 0 Å². The predicted molar refractivity (Wildman–Crippen MR) is 67.3 cm³/mol. The molecule has 0 aromatic carbocycles. The van der Waals surface area contributed by atoms with Gasteiger partial charge in [-0.2, -0.15) is 0 Å². The highest BCUT2D eigenvalue weighted by atomic mass is 16.5. The Labute approximate surface area is 111 Å². The molecule has 1 aromatic rings. The lowest BCUT2D eigenvalue weighted by Gasteiger charge is -2.09. The minimum Gasteiger partial charge on any atom is -0.455 e. The van der Waals surface area contributed by atoms with Crippen molar-refractivity contribution in [1.82, 2.24) is 5.32 Å². The minimum atomic E-state index is -0.266. The van der Waals surface area contributed by atoms with E-state index in [1.54, 1.807) is 6.07 Å². The summed E-state index contributed by atoms with van der Waals surface area (Å²) in [6.07, 6.45) is 4.22. The highest BCUT2D eigenvalue weighted by Crippen LogP contribution is 2.24. The molecule has 0 spiro atoms. The van der Waals surface area contributed by atoms with Crippen LogP contribution in [0.3, 0.4) is 0 Å². The molecule has 1 N–H and O–H groups in total. The number of carbonyl (C=O) groups excluding carboxylic acids is 2. The first-order valence-electron chi connectivity index (χ1n) is 6.80. The number of ether oxygens (including phenoxy) is 1. The summed E-state index contributed by atoms with van der Waals surface area (Å²) < 4.78 is 10.9. The number of ketones is 1. The Kier molecular flexibility index (Phi) is 3.38. The summed E-state index contributed by atoms with van der Waals surface area (Å²) in [7, 11) is 0. The molecule has 1 aliphatic heterocycles. The predicted octanol–water partition coefficient (Wildman–Crippen LogP) is 1.71. The Morgan fingerprint density at radius 1 is 1.37 bits per heavy atom.